The SMILES string of the molecule is CCc1nn(CC)c(CNCCCCOC)c1Br. The topological polar surface area (TPSA) is 39.1 Å². The van der Waals surface area contributed by atoms with Crippen LogP contribution >= 0.6 is 15.9 Å². The fourth-order valence-corrected chi connectivity index (χ4v) is 2.59. The lowest BCUT2D eigenvalue weighted by Crippen LogP contribution is -2.18. The Morgan fingerprint density at radius 3 is 2.72 bits per heavy atom. The molecule has 1 heterocycles. The van der Waals surface area contributed by atoms with Gasteiger partial charge in [-0.05, 0) is 48.7 Å². The number of methoxy groups -OCH3 is 1. The Kier molecular flexibility index (Phi) is 7.54. The first-order chi connectivity index (χ1) is 8.74. The third-order valence-electron chi connectivity index (χ3n) is 2.94. The molecule has 1 rings (SSSR count). The minimum absolute atomic E-state index is 0.845. The molecule has 1 N–H and O–H groups in total. The van der Waals surface area contributed by atoms with Crippen LogP contribution in [-0.4, -0.2) is 30.0 Å². The van der Waals surface area contributed by atoms with Gasteiger partial charge in [-0.1, -0.05) is 6.92 Å². The standard InChI is InChI=1S/C13H24BrN3O/c1-4-11-13(14)12(17(5-2)16-11)10-15-8-6-7-9-18-3/h15H,4-10H2,1-3H3. The van der Waals surface area contributed by atoms with Gasteiger partial charge in [-0.3, -0.25) is 4.68 Å². The summed E-state index contributed by atoms with van der Waals surface area (Å²) in [5.74, 6) is 0. The molecule has 0 atom stereocenters. The maximum Gasteiger partial charge on any atom is 0.0767 e. The first kappa shape index (κ1) is 15.7. The van der Waals surface area contributed by atoms with Gasteiger partial charge in [0.1, 0.15) is 0 Å². The van der Waals surface area contributed by atoms with E-state index in [0.717, 1.165) is 55.7 Å². The van der Waals surface area contributed by atoms with Crippen LogP contribution in [0.3, 0.4) is 0 Å². The summed E-state index contributed by atoms with van der Waals surface area (Å²) in [5.41, 5.74) is 2.40. The molecular formula is C13H24BrN3O. The second-order valence-corrected chi connectivity index (χ2v) is 5.05. The van der Waals surface area contributed by atoms with Crippen molar-refractivity contribution in [3.05, 3.63) is 15.9 Å². The second kappa shape index (κ2) is 8.67. The van der Waals surface area contributed by atoms with Crippen molar-refractivity contribution in [3.8, 4) is 0 Å². The fourth-order valence-electron chi connectivity index (χ4n) is 1.89. The lowest BCUT2D eigenvalue weighted by atomic mass is 10.3. The highest BCUT2D eigenvalue weighted by atomic mass is 79.9. The van der Waals surface area contributed by atoms with Gasteiger partial charge >= 0.3 is 0 Å². The molecule has 0 radical (unpaired) electrons. The number of aromatic nitrogens is 2. The number of unbranched alkanes of at least 4 members (excludes halogenated alkanes) is 1. The number of nitrogens with zero attached hydrogens (tertiary/aromatic N) is 2. The van der Waals surface area contributed by atoms with E-state index in [1.807, 2.05) is 0 Å². The number of hydrogen-bond donors (Lipinski definition) is 1. The van der Waals surface area contributed by atoms with E-state index in [4.69, 9.17) is 4.74 Å². The van der Waals surface area contributed by atoms with E-state index in [1.165, 1.54) is 5.69 Å². The average Bonchev–Trinajstić information content (AvgIpc) is 2.70. The van der Waals surface area contributed by atoms with E-state index in [9.17, 15) is 0 Å². The van der Waals surface area contributed by atoms with Crippen LogP contribution < -0.4 is 5.32 Å². The van der Waals surface area contributed by atoms with E-state index >= 15 is 0 Å². The zero-order valence-electron chi connectivity index (χ0n) is 11.6. The summed E-state index contributed by atoms with van der Waals surface area (Å²) in [6.07, 6.45) is 3.22. The molecule has 1 aromatic heterocycles. The molecule has 4 nitrogen and oxygen atoms in total. The van der Waals surface area contributed by atoms with Crippen LogP contribution in [-0.2, 0) is 24.2 Å². The Bertz CT molecular complexity index is 352. The Labute approximate surface area is 118 Å². The molecule has 0 saturated heterocycles. The maximum atomic E-state index is 5.03. The Hall–Kier alpha value is -0.390. The first-order valence-corrected chi connectivity index (χ1v) is 7.47. The van der Waals surface area contributed by atoms with Gasteiger partial charge in [0.05, 0.1) is 15.9 Å². The Morgan fingerprint density at radius 2 is 2.11 bits per heavy atom. The molecule has 0 aliphatic rings. The summed E-state index contributed by atoms with van der Waals surface area (Å²) in [5, 5.41) is 8.05. The molecular weight excluding hydrogens is 294 g/mol. The molecule has 0 saturated carbocycles. The minimum atomic E-state index is 0.845. The molecule has 0 aliphatic heterocycles. The van der Waals surface area contributed by atoms with Crippen LogP contribution in [0.2, 0.25) is 0 Å². The van der Waals surface area contributed by atoms with E-state index in [0.29, 0.717) is 0 Å². The van der Waals surface area contributed by atoms with E-state index < -0.39 is 0 Å². The molecule has 1 aromatic rings. The predicted octanol–water partition coefficient (Wildman–Crippen LogP) is 2.74. The highest BCUT2D eigenvalue weighted by molar-refractivity contribution is 9.10. The van der Waals surface area contributed by atoms with Crippen molar-refractivity contribution in [1.29, 1.82) is 0 Å². The molecule has 0 amide bonds. The third-order valence-corrected chi connectivity index (χ3v) is 3.85. The zero-order chi connectivity index (χ0) is 13.4. The van der Waals surface area contributed by atoms with Crippen molar-refractivity contribution in [2.24, 2.45) is 0 Å². The van der Waals surface area contributed by atoms with Gasteiger partial charge in [-0.15, -0.1) is 0 Å². The van der Waals surface area contributed by atoms with E-state index in [-0.39, 0.29) is 0 Å². The van der Waals surface area contributed by atoms with Crippen LogP contribution in [0, 0.1) is 0 Å². The summed E-state index contributed by atoms with van der Waals surface area (Å²) in [6, 6.07) is 0. The fraction of sp³-hybridized carbons (Fsp3) is 0.769. The summed E-state index contributed by atoms with van der Waals surface area (Å²) in [4.78, 5) is 0. The van der Waals surface area contributed by atoms with Crippen molar-refractivity contribution < 1.29 is 4.74 Å². The number of hydrogen-bond acceptors (Lipinski definition) is 3. The molecule has 0 aliphatic carbocycles. The van der Waals surface area contributed by atoms with Gasteiger partial charge in [0.2, 0.25) is 0 Å². The zero-order valence-corrected chi connectivity index (χ0v) is 13.2. The van der Waals surface area contributed by atoms with Gasteiger partial charge < -0.3 is 10.1 Å². The lowest BCUT2D eigenvalue weighted by Gasteiger charge is -2.07. The van der Waals surface area contributed by atoms with Crippen LogP contribution in [0.4, 0.5) is 0 Å². The lowest BCUT2D eigenvalue weighted by molar-refractivity contribution is 0.192. The number of halogens is 1. The van der Waals surface area contributed by atoms with Crippen LogP contribution in [0.15, 0.2) is 4.47 Å². The number of rotatable bonds is 9. The monoisotopic (exact) mass is 317 g/mol. The molecule has 5 heteroatoms. The summed E-state index contributed by atoms with van der Waals surface area (Å²) >= 11 is 3.65. The highest BCUT2D eigenvalue weighted by Crippen LogP contribution is 2.22. The molecule has 18 heavy (non-hydrogen) atoms. The third kappa shape index (κ3) is 4.37. The van der Waals surface area contributed by atoms with Gasteiger partial charge in [0.25, 0.3) is 0 Å². The molecule has 0 aromatic carbocycles. The maximum absolute atomic E-state index is 5.03. The van der Waals surface area contributed by atoms with E-state index in [1.54, 1.807) is 7.11 Å². The number of ether oxygens (including phenoxy) is 1. The van der Waals surface area contributed by atoms with Crippen molar-refractivity contribution in [2.45, 2.75) is 46.2 Å². The van der Waals surface area contributed by atoms with Crippen LogP contribution in [0.25, 0.3) is 0 Å². The van der Waals surface area contributed by atoms with Gasteiger partial charge in [0.15, 0.2) is 0 Å². The van der Waals surface area contributed by atoms with Gasteiger partial charge in [-0.25, -0.2) is 0 Å². The minimum Gasteiger partial charge on any atom is -0.385 e. The van der Waals surface area contributed by atoms with Crippen molar-refractivity contribution in [1.82, 2.24) is 15.1 Å². The van der Waals surface area contributed by atoms with Crippen molar-refractivity contribution in [2.75, 3.05) is 20.3 Å². The summed E-state index contributed by atoms with van der Waals surface area (Å²) in [7, 11) is 1.75. The molecule has 0 fully saturated rings. The van der Waals surface area contributed by atoms with Crippen LogP contribution in [0.1, 0.15) is 38.1 Å². The van der Waals surface area contributed by atoms with Crippen LogP contribution in [0.5, 0.6) is 0 Å². The molecule has 0 unspecified atom stereocenters. The van der Waals surface area contributed by atoms with Crippen molar-refractivity contribution >= 4 is 15.9 Å². The molecule has 0 spiro atoms. The normalized spacial score (nSPS) is 11.1. The molecule has 104 valence electrons. The predicted molar refractivity (Wildman–Crippen MR) is 77.8 cm³/mol. The number of nitrogens with one attached hydrogen (secondary N) is 1. The highest BCUT2D eigenvalue weighted by Gasteiger charge is 2.12. The quantitative estimate of drug-likeness (QED) is 0.712. The largest absolute Gasteiger partial charge is 0.385 e. The summed E-state index contributed by atoms with van der Waals surface area (Å²) in [6.45, 7) is 7.91. The van der Waals surface area contributed by atoms with E-state index in [2.05, 4.69) is 44.9 Å². The number of aryl methyl sites for hydroxylation is 2. The second-order valence-electron chi connectivity index (χ2n) is 4.25. The van der Waals surface area contributed by atoms with Gasteiger partial charge in [0, 0.05) is 26.8 Å². The Morgan fingerprint density at radius 1 is 1.33 bits per heavy atom. The first-order valence-electron chi connectivity index (χ1n) is 6.68. The Balaban J connectivity index is 2.43. The summed E-state index contributed by atoms with van der Waals surface area (Å²) < 4.78 is 8.27. The van der Waals surface area contributed by atoms with Crippen molar-refractivity contribution in [3.63, 3.8) is 0 Å². The average molecular weight is 318 g/mol. The van der Waals surface area contributed by atoms with Gasteiger partial charge in [-0.2, -0.15) is 5.10 Å². The molecule has 0 bridgehead atoms. The smallest absolute Gasteiger partial charge is 0.0767 e.